The smallest absolute Gasteiger partial charge is 0.348 e. The Morgan fingerprint density at radius 3 is 2.70 bits per heavy atom. The van der Waals surface area contributed by atoms with Crippen molar-refractivity contribution >= 4 is 29.3 Å². The van der Waals surface area contributed by atoms with E-state index in [1.807, 2.05) is 42.9 Å². The van der Waals surface area contributed by atoms with Crippen molar-refractivity contribution in [3.63, 3.8) is 0 Å². The molecule has 1 aliphatic rings. The predicted octanol–water partition coefficient (Wildman–Crippen LogP) is 3.14. The van der Waals surface area contributed by atoms with Gasteiger partial charge in [-0.2, -0.15) is 4.98 Å². The maximum atomic E-state index is 12.7. The lowest BCUT2D eigenvalue weighted by Crippen LogP contribution is -2.31. The van der Waals surface area contributed by atoms with E-state index in [4.69, 9.17) is 11.6 Å². The van der Waals surface area contributed by atoms with Crippen LogP contribution in [0, 0.1) is 0 Å². The van der Waals surface area contributed by atoms with E-state index in [1.165, 1.54) is 11.8 Å². The molecule has 0 spiro atoms. The molecule has 1 aromatic heterocycles. The standard InChI is InChI=1S/C22H29ClN4O2S/c1-26(2)12-5-13-27-19-7-4-3-6-18(19)21(25-22(27)29)30-15-20(28)24-14-16-8-10-17(23)11-9-16/h8-11H,3-7,12-15H2,1-2H3,(H,24,28). The minimum absolute atomic E-state index is 0.0727. The van der Waals surface area contributed by atoms with Gasteiger partial charge in [0.25, 0.3) is 0 Å². The molecule has 1 aromatic carbocycles. The molecule has 0 unspecified atom stereocenters. The van der Waals surface area contributed by atoms with Crippen molar-refractivity contribution in [2.45, 2.75) is 50.2 Å². The molecular weight excluding hydrogens is 420 g/mol. The van der Waals surface area contributed by atoms with Gasteiger partial charge in [-0.1, -0.05) is 35.5 Å². The second-order valence-corrected chi connectivity index (χ2v) is 9.23. The second kappa shape index (κ2) is 11.0. The van der Waals surface area contributed by atoms with Crippen molar-refractivity contribution in [3.8, 4) is 0 Å². The molecule has 0 saturated heterocycles. The van der Waals surface area contributed by atoms with Crippen LogP contribution in [0.1, 0.15) is 36.1 Å². The fourth-order valence-electron chi connectivity index (χ4n) is 3.63. The Kier molecular flexibility index (Phi) is 8.36. The molecule has 0 aliphatic heterocycles. The quantitative estimate of drug-likeness (QED) is 0.471. The number of fused-ring (bicyclic) bond motifs is 1. The van der Waals surface area contributed by atoms with Gasteiger partial charge >= 0.3 is 5.69 Å². The highest BCUT2D eigenvalue weighted by Crippen LogP contribution is 2.28. The zero-order valence-electron chi connectivity index (χ0n) is 17.6. The summed E-state index contributed by atoms with van der Waals surface area (Å²) in [5, 5.41) is 4.31. The fraction of sp³-hybridized carbons (Fsp3) is 0.500. The van der Waals surface area contributed by atoms with E-state index in [1.54, 1.807) is 0 Å². The van der Waals surface area contributed by atoms with Crippen LogP contribution in [0.5, 0.6) is 0 Å². The number of rotatable bonds is 9. The van der Waals surface area contributed by atoms with Crippen LogP contribution in [0.2, 0.25) is 5.02 Å². The van der Waals surface area contributed by atoms with Gasteiger partial charge in [0.05, 0.1) is 5.75 Å². The van der Waals surface area contributed by atoms with E-state index >= 15 is 0 Å². The highest BCUT2D eigenvalue weighted by molar-refractivity contribution is 7.99. The molecule has 0 bridgehead atoms. The van der Waals surface area contributed by atoms with Crippen LogP contribution in [0.25, 0.3) is 0 Å². The van der Waals surface area contributed by atoms with Crippen LogP contribution in [0.15, 0.2) is 34.1 Å². The molecule has 0 radical (unpaired) electrons. The molecule has 1 N–H and O–H groups in total. The maximum absolute atomic E-state index is 12.7. The summed E-state index contributed by atoms with van der Waals surface area (Å²) >= 11 is 7.26. The molecule has 0 fully saturated rings. The number of hydrogen-bond acceptors (Lipinski definition) is 5. The zero-order chi connectivity index (χ0) is 21.5. The highest BCUT2D eigenvalue weighted by Gasteiger charge is 2.21. The van der Waals surface area contributed by atoms with E-state index in [-0.39, 0.29) is 17.3 Å². The molecule has 162 valence electrons. The highest BCUT2D eigenvalue weighted by atomic mass is 35.5. The fourth-order valence-corrected chi connectivity index (χ4v) is 4.66. The summed E-state index contributed by atoms with van der Waals surface area (Å²) in [5.41, 5.74) is 3.07. The van der Waals surface area contributed by atoms with E-state index in [0.29, 0.717) is 18.1 Å². The van der Waals surface area contributed by atoms with Crippen LogP contribution < -0.4 is 11.0 Å². The third kappa shape index (κ3) is 6.33. The molecule has 1 aliphatic carbocycles. The van der Waals surface area contributed by atoms with Crippen LogP contribution in [-0.4, -0.2) is 46.8 Å². The number of carbonyl (C=O) groups is 1. The normalized spacial score (nSPS) is 13.3. The van der Waals surface area contributed by atoms with Crippen LogP contribution >= 0.6 is 23.4 Å². The first kappa shape index (κ1) is 22.8. The second-order valence-electron chi connectivity index (χ2n) is 7.83. The van der Waals surface area contributed by atoms with Gasteiger partial charge in [-0.3, -0.25) is 9.36 Å². The van der Waals surface area contributed by atoms with Crippen molar-refractivity contribution in [1.82, 2.24) is 19.8 Å². The number of amides is 1. The van der Waals surface area contributed by atoms with E-state index in [9.17, 15) is 9.59 Å². The lowest BCUT2D eigenvalue weighted by atomic mass is 9.97. The molecule has 30 heavy (non-hydrogen) atoms. The van der Waals surface area contributed by atoms with E-state index in [2.05, 4.69) is 15.2 Å². The number of nitrogens with one attached hydrogen (secondary N) is 1. The lowest BCUT2D eigenvalue weighted by Gasteiger charge is -2.23. The van der Waals surface area contributed by atoms with Gasteiger partial charge < -0.3 is 10.2 Å². The van der Waals surface area contributed by atoms with Crippen molar-refractivity contribution in [2.75, 3.05) is 26.4 Å². The predicted molar refractivity (Wildman–Crippen MR) is 122 cm³/mol. The summed E-state index contributed by atoms with van der Waals surface area (Å²) in [6, 6.07) is 7.40. The Bertz CT molecular complexity index is 928. The van der Waals surface area contributed by atoms with Gasteiger partial charge in [0.1, 0.15) is 5.03 Å². The minimum Gasteiger partial charge on any atom is -0.351 e. The maximum Gasteiger partial charge on any atom is 0.348 e. The van der Waals surface area contributed by atoms with Crippen molar-refractivity contribution < 1.29 is 4.79 Å². The monoisotopic (exact) mass is 448 g/mol. The van der Waals surface area contributed by atoms with Crippen LogP contribution in [-0.2, 0) is 30.7 Å². The first-order valence-electron chi connectivity index (χ1n) is 10.4. The summed E-state index contributed by atoms with van der Waals surface area (Å²) in [5.74, 6) is 0.174. The Balaban J connectivity index is 1.64. The minimum atomic E-state index is -0.196. The number of benzene rings is 1. The Hall–Kier alpha value is -1.83. The summed E-state index contributed by atoms with van der Waals surface area (Å²) in [6.07, 6.45) is 4.94. The first-order chi connectivity index (χ1) is 14.4. The number of aromatic nitrogens is 2. The van der Waals surface area contributed by atoms with Gasteiger partial charge in [0.15, 0.2) is 0 Å². The Morgan fingerprint density at radius 1 is 1.23 bits per heavy atom. The number of nitrogens with zero attached hydrogens (tertiary/aromatic N) is 3. The van der Waals surface area contributed by atoms with E-state index in [0.717, 1.165) is 60.5 Å². The summed E-state index contributed by atoms with van der Waals surface area (Å²) in [7, 11) is 4.07. The number of halogens is 1. The average Bonchev–Trinajstić information content (AvgIpc) is 2.73. The van der Waals surface area contributed by atoms with Gasteiger partial charge in [-0.25, -0.2) is 4.79 Å². The lowest BCUT2D eigenvalue weighted by molar-refractivity contribution is -0.118. The Morgan fingerprint density at radius 2 is 1.97 bits per heavy atom. The summed E-state index contributed by atoms with van der Waals surface area (Å²) in [4.78, 5) is 31.5. The van der Waals surface area contributed by atoms with Crippen LogP contribution in [0.3, 0.4) is 0 Å². The van der Waals surface area contributed by atoms with Crippen molar-refractivity contribution in [1.29, 1.82) is 0 Å². The number of carbonyl (C=O) groups excluding carboxylic acids is 1. The van der Waals surface area contributed by atoms with Crippen molar-refractivity contribution in [2.24, 2.45) is 0 Å². The largest absolute Gasteiger partial charge is 0.351 e. The molecule has 0 atom stereocenters. The molecule has 6 nitrogen and oxygen atoms in total. The average molecular weight is 449 g/mol. The first-order valence-corrected chi connectivity index (χ1v) is 11.7. The zero-order valence-corrected chi connectivity index (χ0v) is 19.2. The Labute approximate surface area is 187 Å². The van der Waals surface area contributed by atoms with Gasteiger partial charge in [0, 0.05) is 29.4 Å². The topological polar surface area (TPSA) is 67.2 Å². The SMILES string of the molecule is CN(C)CCCn1c2c(c(SCC(=O)NCc3ccc(Cl)cc3)nc1=O)CCCC2. The van der Waals surface area contributed by atoms with Gasteiger partial charge in [-0.05, 0) is 70.4 Å². The van der Waals surface area contributed by atoms with Gasteiger partial charge in [0.2, 0.25) is 5.91 Å². The molecular formula is C22H29ClN4O2S. The van der Waals surface area contributed by atoms with E-state index < -0.39 is 0 Å². The van der Waals surface area contributed by atoms with Crippen molar-refractivity contribution in [3.05, 3.63) is 56.6 Å². The van der Waals surface area contributed by atoms with Gasteiger partial charge in [-0.15, -0.1) is 0 Å². The molecule has 1 heterocycles. The molecule has 0 saturated carbocycles. The van der Waals surface area contributed by atoms with Crippen LogP contribution in [0.4, 0.5) is 0 Å². The number of thioether (sulfide) groups is 1. The summed E-state index contributed by atoms with van der Waals surface area (Å²) < 4.78 is 1.85. The molecule has 2 aromatic rings. The molecule has 8 heteroatoms. The third-order valence-corrected chi connectivity index (χ3v) is 6.45. The summed E-state index contributed by atoms with van der Waals surface area (Å²) in [6.45, 7) is 2.08. The molecule has 3 rings (SSSR count). The number of hydrogen-bond donors (Lipinski definition) is 1. The third-order valence-electron chi connectivity index (χ3n) is 5.18. The molecule has 1 amide bonds.